The lowest BCUT2D eigenvalue weighted by Gasteiger charge is -2.39. The number of phenols is 2. The number of nitrogens with one attached hydrogen (secondary N) is 2. The molecule has 10 nitrogen and oxygen atoms in total. The Morgan fingerprint density at radius 2 is 1.74 bits per heavy atom. The highest BCUT2D eigenvalue weighted by Gasteiger charge is 2.39. The van der Waals surface area contributed by atoms with Gasteiger partial charge in [0.1, 0.15) is 29.5 Å². The fourth-order valence-corrected chi connectivity index (χ4v) is 8.55. The number of aliphatic hydroxyl groups excluding tert-OH is 2. The molecule has 1 aromatic heterocycles. The van der Waals surface area contributed by atoms with E-state index in [1.165, 1.54) is 31.9 Å². The van der Waals surface area contributed by atoms with Crippen LogP contribution in [-0.2, 0) is 24.0 Å². The number of ether oxygens (including phenoxy) is 4. The Morgan fingerprint density at radius 1 is 0.887 bits per heavy atom. The van der Waals surface area contributed by atoms with Crippen molar-refractivity contribution in [1.29, 1.82) is 0 Å². The van der Waals surface area contributed by atoms with Crippen LogP contribution in [0.4, 0.5) is 0 Å². The normalized spacial score (nSPS) is 19.7. The summed E-state index contributed by atoms with van der Waals surface area (Å²) in [6.07, 6.45) is 8.13. The number of aliphatic hydroxyl groups is 2. The first kappa shape index (κ1) is 35.3. The highest BCUT2D eigenvalue weighted by Crippen LogP contribution is 2.53. The maximum atomic E-state index is 10.8. The number of hydrogen-bond acceptors (Lipinski definition) is 9. The zero-order valence-corrected chi connectivity index (χ0v) is 30.0. The molecule has 4 aromatic carbocycles. The van der Waals surface area contributed by atoms with Gasteiger partial charge in [-0.3, -0.25) is 5.32 Å². The standard InChI is InChI=1S/C43H48N2O8/c1-50-39-18-27(8-12-37(39)49)43-41(51-24-45-29-5-3-2-4-6-29)20-34-35-17-28(16-25-7-11-36-26(15-25)13-14-44-36)33-19-30(48)9-10-32(33)42(35)40(21-38(34)53-43)52-31(22-46)23-47/h7-15,18-19,21,28-29,31,41,43-49H,2-6,16-17,20,22-24H2,1H3/t28-,41-,43-/m1/s1. The smallest absolute Gasteiger partial charge is 0.160 e. The summed E-state index contributed by atoms with van der Waals surface area (Å²) in [6.45, 7) is -0.352. The Balaban J connectivity index is 1.22. The van der Waals surface area contributed by atoms with Crippen molar-refractivity contribution in [1.82, 2.24) is 10.3 Å². The molecule has 1 fully saturated rings. The number of methoxy groups -OCH3 is 1. The number of aromatic hydroxyl groups is 2. The SMILES string of the molecule is COc1cc([C@H]2Oc3cc(OC(CO)CO)c4c(c3C[C@H]2OCNC2CCCCC2)C[C@@H](Cc2ccc3[nH]ccc3c2)c2cc(O)ccc2-4)ccc1O. The molecule has 0 bridgehead atoms. The van der Waals surface area contributed by atoms with Crippen LogP contribution in [-0.4, -0.2) is 70.7 Å². The van der Waals surface area contributed by atoms with Gasteiger partial charge in [0, 0.05) is 41.4 Å². The number of rotatable bonds is 12. The van der Waals surface area contributed by atoms with Gasteiger partial charge in [0.2, 0.25) is 0 Å². The number of H-pyrrole nitrogens is 1. The van der Waals surface area contributed by atoms with E-state index in [1.807, 2.05) is 30.5 Å². The molecule has 0 spiro atoms. The zero-order chi connectivity index (χ0) is 36.5. The van der Waals surface area contributed by atoms with Gasteiger partial charge in [-0.1, -0.05) is 37.5 Å². The third-order valence-corrected chi connectivity index (χ3v) is 11.3. The minimum absolute atomic E-state index is 0.0262. The quantitative estimate of drug-likeness (QED) is 0.0766. The van der Waals surface area contributed by atoms with Crippen molar-refractivity contribution in [3.63, 3.8) is 0 Å². The number of phenolic OH excluding ortho intramolecular Hbond substituents is 2. The lowest BCUT2D eigenvalue weighted by atomic mass is 9.73. The second-order valence-corrected chi connectivity index (χ2v) is 14.6. The van der Waals surface area contributed by atoms with Crippen LogP contribution < -0.4 is 19.5 Å². The van der Waals surface area contributed by atoms with E-state index in [9.17, 15) is 20.4 Å². The van der Waals surface area contributed by atoms with Crippen LogP contribution in [0.3, 0.4) is 0 Å². The number of fused-ring (bicyclic) bond motifs is 6. The van der Waals surface area contributed by atoms with Gasteiger partial charge in [0.05, 0.1) is 27.1 Å². The van der Waals surface area contributed by atoms with Crippen LogP contribution in [0.15, 0.2) is 72.9 Å². The molecule has 8 rings (SSSR count). The van der Waals surface area contributed by atoms with Crippen molar-refractivity contribution in [2.75, 3.05) is 27.1 Å². The summed E-state index contributed by atoms with van der Waals surface area (Å²) in [4.78, 5) is 3.28. The van der Waals surface area contributed by atoms with Crippen molar-refractivity contribution >= 4 is 10.9 Å². The van der Waals surface area contributed by atoms with E-state index < -0.39 is 12.2 Å². The minimum Gasteiger partial charge on any atom is -0.508 e. The molecule has 2 aliphatic carbocycles. The molecule has 0 unspecified atom stereocenters. The van der Waals surface area contributed by atoms with Crippen LogP contribution in [0.1, 0.15) is 71.9 Å². The molecule has 1 aliphatic heterocycles. The predicted octanol–water partition coefficient (Wildman–Crippen LogP) is 6.81. The van der Waals surface area contributed by atoms with Crippen molar-refractivity contribution in [3.05, 3.63) is 101 Å². The third kappa shape index (κ3) is 7.16. The first-order valence-electron chi connectivity index (χ1n) is 18.8. The fraction of sp³-hybridized carbons (Fsp3) is 0.395. The molecule has 0 radical (unpaired) electrons. The van der Waals surface area contributed by atoms with E-state index in [0.29, 0.717) is 42.9 Å². The van der Waals surface area contributed by atoms with Crippen molar-refractivity contribution < 1.29 is 39.4 Å². The number of aromatic nitrogens is 1. The first-order chi connectivity index (χ1) is 25.9. The molecule has 1 saturated carbocycles. The van der Waals surface area contributed by atoms with E-state index in [2.05, 4.69) is 34.6 Å². The number of benzene rings is 4. The number of aromatic amines is 1. The summed E-state index contributed by atoms with van der Waals surface area (Å²) in [5.41, 5.74) is 7.98. The van der Waals surface area contributed by atoms with Gasteiger partial charge in [-0.05, 0) is 107 Å². The van der Waals surface area contributed by atoms with Gasteiger partial charge in [0.25, 0.3) is 0 Å². The van der Waals surface area contributed by atoms with Crippen molar-refractivity contribution in [3.8, 4) is 39.9 Å². The number of hydrogen-bond donors (Lipinski definition) is 6. The average molecular weight is 721 g/mol. The molecule has 2 heterocycles. The second kappa shape index (κ2) is 15.3. The second-order valence-electron chi connectivity index (χ2n) is 14.6. The molecule has 53 heavy (non-hydrogen) atoms. The Kier molecular flexibility index (Phi) is 10.2. The maximum Gasteiger partial charge on any atom is 0.160 e. The Hall–Kier alpha value is -4.74. The minimum atomic E-state index is -0.841. The van der Waals surface area contributed by atoms with Crippen molar-refractivity contribution in [2.24, 2.45) is 0 Å². The van der Waals surface area contributed by atoms with Crippen LogP contribution in [0.2, 0.25) is 0 Å². The molecular formula is C43H48N2O8. The highest BCUT2D eigenvalue weighted by atomic mass is 16.6. The molecular weight excluding hydrogens is 672 g/mol. The van der Waals surface area contributed by atoms with Crippen LogP contribution >= 0.6 is 0 Å². The topological polar surface area (TPSA) is 146 Å². The van der Waals surface area contributed by atoms with Gasteiger partial charge >= 0.3 is 0 Å². The Bertz CT molecular complexity index is 2070. The summed E-state index contributed by atoms with van der Waals surface area (Å²) < 4.78 is 25.5. The first-order valence-corrected chi connectivity index (χ1v) is 18.8. The van der Waals surface area contributed by atoms with Crippen molar-refractivity contribution in [2.45, 2.75) is 81.6 Å². The molecule has 6 N–H and O–H groups in total. The average Bonchev–Trinajstić information content (AvgIpc) is 3.65. The third-order valence-electron chi connectivity index (χ3n) is 11.3. The molecule has 5 aromatic rings. The van der Waals surface area contributed by atoms with E-state index in [4.69, 9.17) is 18.9 Å². The van der Waals surface area contributed by atoms with Crippen LogP contribution in [0, 0.1) is 0 Å². The van der Waals surface area contributed by atoms with E-state index in [0.717, 1.165) is 63.5 Å². The fourth-order valence-electron chi connectivity index (χ4n) is 8.55. The van der Waals surface area contributed by atoms with Gasteiger partial charge in [-0.15, -0.1) is 0 Å². The molecule has 3 atom stereocenters. The van der Waals surface area contributed by atoms with Crippen LogP contribution in [0.25, 0.3) is 22.0 Å². The lowest BCUT2D eigenvalue weighted by molar-refractivity contribution is -0.0480. The molecule has 10 heteroatoms. The monoisotopic (exact) mass is 720 g/mol. The summed E-state index contributed by atoms with van der Waals surface area (Å²) in [5.74, 6) is 1.74. The molecule has 0 amide bonds. The maximum absolute atomic E-state index is 10.8. The Morgan fingerprint density at radius 3 is 2.55 bits per heavy atom. The molecule has 0 saturated heterocycles. The van der Waals surface area contributed by atoms with E-state index in [1.54, 1.807) is 18.2 Å². The predicted molar refractivity (Wildman–Crippen MR) is 202 cm³/mol. The molecule has 278 valence electrons. The summed E-state index contributed by atoms with van der Waals surface area (Å²) in [5, 5.41) is 46.1. The molecule has 3 aliphatic rings. The van der Waals surface area contributed by atoms with Gasteiger partial charge in [-0.2, -0.15) is 0 Å². The largest absolute Gasteiger partial charge is 0.508 e. The van der Waals surface area contributed by atoms with E-state index >= 15 is 0 Å². The summed E-state index contributed by atoms with van der Waals surface area (Å²) in [6, 6.07) is 21.6. The van der Waals surface area contributed by atoms with Gasteiger partial charge < -0.3 is 44.4 Å². The van der Waals surface area contributed by atoms with E-state index in [-0.39, 0.29) is 36.7 Å². The lowest BCUT2D eigenvalue weighted by Crippen LogP contribution is -2.39. The van der Waals surface area contributed by atoms with Gasteiger partial charge in [0.15, 0.2) is 17.6 Å². The Labute approximate surface area is 309 Å². The highest BCUT2D eigenvalue weighted by molar-refractivity contribution is 5.83. The zero-order valence-electron chi connectivity index (χ0n) is 30.0. The summed E-state index contributed by atoms with van der Waals surface area (Å²) >= 11 is 0. The van der Waals surface area contributed by atoms with Crippen LogP contribution in [0.5, 0.6) is 28.7 Å². The summed E-state index contributed by atoms with van der Waals surface area (Å²) in [7, 11) is 1.52. The van der Waals surface area contributed by atoms with Gasteiger partial charge in [-0.25, -0.2) is 0 Å².